The summed E-state index contributed by atoms with van der Waals surface area (Å²) in [4.78, 5) is 12.9. The van der Waals surface area contributed by atoms with Crippen LogP contribution in [0.15, 0.2) is 0 Å². The normalized spacial score (nSPS) is 18.2. The Morgan fingerprint density at radius 2 is 1.94 bits per heavy atom. The summed E-state index contributed by atoms with van der Waals surface area (Å²) < 4.78 is 0. The second kappa shape index (κ2) is 5.67. The molecular weight excluding hydrogens is 202 g/mol. The third-order valence-corrected chi connectivity index (χ3v) is 3.96. The van der Waals surface area contributed by atoms with Crippen molar-refractivity contribution in [1.29, 1.82) is 0 Å². The summed E-state index contributed by atoms with van der Waals surface area (Å²) in [5.41, 5.74) is -0.232. The molecule has 1 N–H and O–H groups in total. The molecule has 0 spiro atoms. The number of carbonyl (C=O) groups is 1. The summed E-state index contributed by atoms with van der Waals surface area (Å²) >= 11 is 0. The van der Waals surface area contributed by atoms with Gasteiger partial charge in [-0.1, -0.05) is 25.7 Å². The molecule has 0 bridgehead atoms. The zero-order valence-electron chi connectivity index (χ0n) is 10.8. The Hall–Kier alpha value is -0.570. The van der Waals surface area contributed by atoms with Crippen LogP contribution in [-0.2, 0) is 4.79 Å². The molecule has 0 unspecified atom stereocenters. The third-order valence-electron chi connectivity index (χ3n) is 3.96. The first-order valence-electron chi connectivity index (χ1n) is 6.35. The van der Waals surface area contributed by atoms with E-state index >= 15 is 0 Å². The molecular formula is C13H25NO2. The van der Waals surface area contributed by atoms with Crippen LogP contribution in [0.5, 0.6) is 0 Å². The molecule has 0 aromatic rings. The summed E-state index contributed by atoms with van der Waals surface area (Å²) in [6, 6.07) is 0. The van der Waals surface area contributed by atoms with Crippen LogP contribution >= 0.6 is 0 Å². The average Bonchev–Trinajstić information content (AvgIpc) is 2.64. The molecule has 3 heteroatoms. The number of rotatable bonds is 6. The summed E-state index contributed by atoms with van der Waals surface area (Å²) in [7, 11) is 2.04. The van der Waals surface area contributed by atoms with Gasteiger partial charge in [-0.2, -0.15) is 0 Å². The van der Waals surface area contributed by atoms with Gasteiger partial charge < -0.3 is 10.0 Å². The maximum atomic E-state index is 10.8. The van der Waals surface area contributed by atoms with Crippen molar-refractivity contribution >= 4 is 5.97 Å². The van der Waals surface area contributed by atoms with Gasteiger partial charge in [0.2, 0.25) is 0 Å². The van der Waals surface area contributed by atoms with E-state index in [1.165, 1.54) is 32.1 Å². The van der Waals surface area contributed by atoms with Gasteiger partial charge in [-0.3, -0.25) is 4.79 Å². The first-order valence-corrected chi connectivity index (χ1v) is 6.35. The van der Waals surface area contributed by atoms with Gasteiger partial charge in [0.1, 0.15) is 0 Å². The number of carboxylic acid groups (broad SMARTS) is 1. The van der Waals surface area contributed by atoms with Crippen LogP contribution in [0, 0.1) is 5.92 Å². The van der Waals surface area contributed by atoms with Crippen LogP contribution in [0.25, 0.3) is 0 Å². The Kier molecular flexibility index (Phi) is 4.78. The lowest BCUT2D eigenvalue weighted by Gasteiger charge is -2.35. The van der Waals surface area contributed by atoms with E-state index in [1.807, 2.05) is 20.9 Å². The van der Waals surface area contributed by atoms with Gasteiger partial charge in [0.25, 0.3) is 0 Å². The fourth-order valence-corrected chi connectivity index (χ4v) is 2.48. The second-order valence-electron chi connectivity index (χ2n) is 5.74. The van der Waals surface area contributed by atoms with Gasteiger partial charge in [0, 0.05) is 5.54 Å². The molecule has 94 valence electrons. The quantitative estimate of drug-likeness (QED) is 0.758. The Morgan fingerprint density at radius 1 is 1.38 bits per heavy atom. The first-order chi connectivity index (χ1) is 7.42. The monoisotopic (exact) mass is 227 g/mol. The standard InChI is InChI=1S/C13H25NO2/c1-13(2,10-12(15)16)14(3)9-8-11-6-4-5-7-11/h11H,4-10H2,1-3H3,(H,15,16). The van der Waals surface area contributed by atoms with Crippen LogP contribution in [0.1, 0.15) is 52.4 Å². The third kappa shape index (κ3) is 4.12. The van der Waals surface area contributed by atoms with E-state index in [2.05, 4.69) is 4.90 Å². The van der Waals surface area contributed by atoms with Crippen LogP contribution < -0.4 is 0 Å². The number of aliphatic carboxylic acids is 1. The zero-order chi connectivity index (χ0) is 12.2. The maximum absolute atomic E-state index is 10.8. The van der Waals surface area contributed by atoms with Crippen molar-refractivity contribution in [3.8, 4) is 0 Å². The summed E-state index contributed by atoms with van der Waals surface area (Å²) in [6.45, 7) is 5.04. The smallest absolute Gasteiger partial charge is 0.305 e. The maximum Gasteiger partial charge on any atom is 0.305 e. The number of hydrogen-bond acceptors (Lipinski definition) is 2. The van der Waals surface area contributed by atoms with E-state index in [9.17, 15) is 4.79 Å². The highest BCUT2D eigenvalue weighted by Crippen LogP contribution is 2.28. The summed E-state index contributed by atoms with van der Waals surface area (Å²) in [5.74, 6) is 0.167. The first kappa shape index (κ1) is 13.5. The zero-order valence-corrected chi connectivity index (χ0v) is 10.8. The Bertz CT molecular complexity index is 232. The minimum atomic E-state index is -0.710. The van der Waals surface area contributed by atoms with Gasteiger partial charge in [-0.05, 0) is 39.8 Å². The molecule has 0 aliphatic heterocycles. The molecule has 0 atom stereocenters. The van der Waals surface area contributed by atoms with Crippen molar-refractivity contribution in [2.75, 3.05) is 13.6 Å². The SMILES string of the molecule is CN(CCC1CCCC1)C(C)(C)CC(=O)O. The lowest BCUT2D eigenvalue weighted by molar-refractivity contribution is -0.139. The largest absolute Gasteiger partial charge is 0.481 e. The molecule has 16 heavy (non-hydrogen) atoms. The second-order valence-corrected chi connectivity index (χ2v) is 5.74. The molecule has 1 aliphatic rings. The van der Waals surface area contributed by atoms with E-state index in [1.54, 1.807) is 0 Å². The minimum absolute atomic E-state index is 0.216. The van der Waals surface area contributed by atoms with E-state index in [0.29, 0.717) is 0 Å². The summed E-state index contributed by atoms with van der Waals surface area (Å²) in [6.07, 6.45) is 6.94. The van der Waals surface area contributed by atoms with Gasteiger partial charge in [-0.15, -0.1) is 0 Å². The Morgan fingerprint density at radius 3 is 2.44 bits per heavy atom. The lowest BCUT2D eigenvalue weighted by Crippen LogP contribution is -2.43. The molecule has 3 nitrogen and oxygen atoms in total. The molecule has 1 saturated carbocycles. The molecule has 0 heterocycles. The van der Waals surface area contributed by atoms with Crippen LogP contribution in [0.3, 0.4) is 0 Å². The topological polar surface area (TPSA) is 40.5 Å². The van der Waals surface area contributed by atoms with E-state index < -0.39 is 5.97 Å². The molecule has 1 aliphatic carbocycles. The molecule has 0 radical (unpaired) electrons. The van der Waals surface area contributed by atoms with Gasteiger partial charge in [0.15, 0.2) is 0 Å². The van der Waals surface area contributed by atoms with Gasteiger partial charge >= 0.3 is 5.97 Å². The molecule has 0 saturated heterocycles. The molecule has 0 aromatic carbocycles. The fourth-order valence-electron chi connectivity index (χ4n) is 2.48. The van der Waals surface area contributed by atoms with Crippen molar-refractivity contribution in [1.82, 2.24) is 4.90 Å². The van der Waals surface area contributed by atoms with Crippen molar-refractivity contribution in [2.24, 2.45) is 5.92 Å². The molecule has 1 fully saturated rings. The molecule has 0 amide bonds. The number of nitrogens with zero attached hydrogens (tertiary/aromatic N) is 1. The molecule has 0 aromatic heterocycles. The van der Waals surface area contributed by atoms with Crippen molar-refractivity contribution < 1.29 is 9.90 Å². The summed E-state index contributed by atoms with van der Waals surface area (Å²) in [5, 5.41) is 8.85. The van der Waals surface area contributed by atoms with Crippen LogP contribution in [0.2, 0.25) is 0 Å². The number of hydrogen-bond donors (Lipinski definition) is 1. The minimum Gasteiger partial charge on any atom is -0.481 e. The highest BCUT2D eigenvalue weighted by molar-refractivity contribution is 5.68. The van der Waals surface area contributed by atoms with Crippen molar-refractivity contribution in [2.45, 2.75) is 57.9 Å². The Labute approximate surface area is 98.8 Å². The van der Waals surface area contributed by atoms with Crippen molar-refractivity contribution in [3.05, 3.63) is 0 Å². The predicted octanol–water partition coefficient (Wildman–Crippen LogP) is 2.75. The van der Waals surface area contributed by atoms with Crippen LogP contribution in [0.4, 0.5) is 0 Å². The Balaban J connectivity index is 2.31. The van der Waals surface area contributed by atoms with E-state index in [-0.39, 0.29) is 12.0 Å². The van der Waals surface area contributed by atoms with E-state index in [4.69, 9.17) is 5.11 Å². The van der Waals surface area contributed by atoms with Crippen molar-refractivity contribution in [3.63, 3.8) is 0 Å². The number of carboxylic acids is 1. The highest BCUT2D eigenvalue weighted by Gasteiger charge is 2.27. The fraction of sp³-hybridized carbons (Fsp3) is 0.923. The lowest BCUT2D eigenvalue weighted by atomic mass is 9.97. The predicted molar refractivity (Wildman–Crippen MR) is 65.5 cm³/mol. The molecule has 1 rings (SSSR count). The van der Waals surface area contributed by atoms with Gasteiger partial charge in [-0.25, -0.2) is 0 Å². The van der Waals surface area contributed by atoms with Crippen LogP contribution in [-0.4, -0.2) is 35.1 Å². The van der Waals surface area contributed by atoms with Gasteiger partial charge in [0.05, 0.1) is 6.42 Å². The van der Waals surface area contributed by atoms with E-state index in [0.717, 1.165) is 12.5 Å². The highest BCUT2D eigenvalue weighted by atomic mass is 16.4. The average molecular weight is 227 g/mol.